The highest BCUT2D eigenvalue weighted by molar-refractivity contribution is 7.99. The van der Waals surface area contributed by atoms with Gasteiger partial charge in [0.05, 0.1) is 24.1 Å². The molecule has 0 spiro atoms. The fourth-order valence-electron chi connectivity index (χ4n) is 4.35. The quantitative estimate of drug-likeness (QED) is 0.625. The molecule has 168 valence electrons. The first-order chi connectivity index (χ1) is 15.1. The molecular weight excluding hydrogens is 408 g/mol. The first kappa shape index (κ1) is 22.2. The zero-order chi connectivity index (χ0) is 21.6. The molecule has 0 bridgehead atoms. The normalized spacial score (nSPS) is 19.4. The number of hydrogen-bond donors (Lipinski definition) is 1. The van der Waals surface area contributed by atoms with Crippen LogP contribution in [0.2, 0.25) is 0 Å². The zero-order valence-corrected chi connectivity index (χ0v) is 19.5. The Morgan fingerprint density at radius 1 is 1.13 bits per heavy atom. The van der Waals surface area contributed by atoms with Crippen molar-refractivity contribution in [2.45, 2.75) is 70.2 Å². The van der Waals surface area contributed by atoms with Gasteiger partial charge < -0.3 is 19.5 Å². The maximum atomic E-state index is 12.6. The van der Waals surface area contributed by atoms with E-state index in [2.05, 4.69) is 38.8 Å². The fourth-order valence-corrected chi connectivity index (χ4v) is 5.25. The third-order valence-corrected chi connectivity index (χ3v) is 7.26. The van der Waals surface area contributed by atoms with Crippen LogP contribution in [0.4, 0.5) is 11.4 Å². The predicted octanol–water partition coefficient (Wildman–Crippen LogP) is 4.79. The molecule has 2 fully saturated rings. The number of hydrogen-bond acceptors (Lipinski definition) is 5. The second-order valence-electron chi connectivity index (χ2n) is 8.60. The lowest BCUT2D eigenvalue weighted by Crippen LogP contribution is -2.23. The van der Waals surface area contributed by atoms with Crippen molar-refractivity contribution < 1.29 is 9.53 Å². The molecule has 31 heavy (non-hydrogen) atoms. The van der Waals surface area contributed by atoms with Crippen LogP contribution in [-0.2, 0) is 16.1 Å². The standard InChI is InChI=1S/C24H34N4O2S/c1-18-19(2)28(16-22-8-7-15-30-22)24(25-18)31-17-23(29)26-20-9-11-21(12-10-20)27-13-5-3-4-6-14-27/h9-12,22H,3-8,13-17H2,1-2H3,(H,26,29)/t22-/m0/s1. The molecule has 0 radical (unpaired) electrons. The average molecular weight is 443 g/mol. The molecule has 4 rings (SSSR count). The van der Waals surface area contributed by atoms with Gasteiger partial charge in [0.25, 0.3) is 0 Å². The lowest BCUT2D eigenvalue weighted by molar-refractivity contribution is -0.113. The van der Waals surface area contributed by atoms with Gasteiger partial charge in [-0.05, 0) is 63.8 Å². The van der Waals surface area contributed by atoms with Gasteiger partial charge in [-0.25, -0.2) is 4.98 Å². The van der Waals surface area contributed by atoms with Crippen LogP contribution < -0.4 is 10.2 Å². The Hall–Kier alpha value is -1.99. The molecule has 2 aromatic rings. The molecule has 3 heterocycles. The third-order valence-electron chi connectivity index (χ3n) is 6.29. The van der Waals surface area contributed by atoms with E-state index in [9.17, 15) is 4.79 Å². The number of aryl methyl sites for hydroxylation is 1. The highest BCUT2D eigenvalue weighted by atomic mass is 32.2. The summed E-state index contributed by atoms with van der Waals surface area (Å²) >= 11 is 1.50. The van der Waals surface area contributed by atoms with Crippen molar-refractivity contribution in [2.24, 2.45) is 0 Å². The molecule has 0 saturated carbocycles. The van der Waals surface area contributed by atoms with Crippen LogP contribution in [0.15, 0.2) is 29.4 Å². The highest BCUT2D eigenvalue weighted by Crippen LogP contribution is 2.25. The number of nitrogens with zero attached hydrogens (tertiary/aromatic N) is 3. The monoisotopic (exact) mass is 442 g/mol. The van der Waals surface area contributed by atoms with Gasteiger partial charge in [-0.15, -0.1) is 0 Å². The smallest absolute Gasteiger partial charge is 0.234 e. The summed E-state index contributed by atoms with van der Waals surface area (Å²) in [5.41, 5.74) is 4.27. The summed E-state index contributed by atoms with van der Waals surface area (Å²) in [6.45, 7) is 8.03. The number of amides is 1. The van der Waals surface area contributed by atoms with Crippen molar-refractivity contribution in [1.82, 2.24) is 9.55 Å². The van der Waals surface area contributed by atoms with Crippen LogP contribution in [0.3, 0.4) is 0 Å². The Bertz CT molecular complexity index is 866. The van der Waals surface area contributed by atoms with Crippen molar-refractivity contribution >= 4 is 29.0 Å². The lowest BCUT2D eigenvalue weighted by atomic mass is 10.2. The minimum Gasteiger partial charge on any atom is -0.376 e. The number of nitrogens with one attached hydrogen (secondary N) is 1. The molecule has 1 aromatic heterocycles. The van der Waals surface area contributed by atoms with E-state index in [1.807, 2.05) is 19.1 Å². The van der Waals surface area contributed by atoms with Gasteiger partial charge in [-0.3, -0.25) is 4.79 Å². The zero-order valence-electron chi connectivity index (χ0n) is 18.7. The van der Waals surface area contributed by atoms with Crippen LogP contribution in [0.25, 0.3) is 0 Å². The molecule has 2 saturated heterocycles. The summed E-state index contributed by atoms with van der Waals surface area (Å²) in [7, 11) is 0. The Morgan fingerprint density at radius 2 is 1.87 bits per heavy atom. The van der Waals surface area contributed by atoms with E-state index < -0.39 is 0 Å². The van der Waals surface area contributed by atoms with Gasteiger partial charge in [0.15, 0.2) is 5.16 Å². The summed E-state index contributed by atoms with van der Waals surface area (Å²) < 4.78 is 8.01. The minimum atomic E-state index is -0.00510. The Morgan fingerprint density at radius 3 is 2.55 bits per heavy atom. The van der Waals surface area contributed by atoms with Gasteiger partial charge in [0, 0.05) is 36.8 Å². The number of ether oxygens (including phenoxy) is 1. The second kappa shape index (κ2) is 10.6. The second-order valence-corrected chi connectivity index (χ2v) is 9.54. The summed E-state index contributed by atoms with van der Waals surface area (Å²) in [4.78, 5) is 19.7. The van der Waals surface area contributed by atoms with Crippen molar-refractivity contribution in [3.63, 3.8) is 0 Å². The van der Waals surface area contributed by atoms with E-state index in [1.165, 1.54) is 43.1 Å². The largest absolute Gasteiger partial charge is 0.376 e. The molecule has 0 aliphatic carbocycles. The van der Waals surface area contributed by atoms with Crippen molar-refractivity contribution in [3.05, 3.63) is 35.7 Å². The van der Waals surface area contributed by atoms with Gasteiger partial charge in [0.2, 0.25) is 5.91 Å². The number of thioether (sulfide) groups is 1. The van der Waals surface area contributed by atoms with Gasteiger partial charge in [-0.1, -0.05) is 24.6 Å². The number of carbonyl (C=O) groups excluding carboxylic acids is 1. The first-order valence-corrected chi connectivity index (χ1v) is 12.5. The number of rotatable bonds is 7. The summed E-state index contributed by atoms with van der Waals surface area (Å²) in [6, 6.07) is 8.26. The molecule has 1 amide bonds. The number of carbonyl (C=O) groups is 1. The molecule has 1 atom stereocenters. The maximum Gasteiger partial charge on any atom is 0.234 e. The van der Waals surface area contributed by atoms with E-state index in [0.717, 1.165) is 61.3 Å². The van der Waals surface area contributed by atoms with Gasteiger partial charge in [0.1, 0.15) is 0 Å². The van der Waals surface area contributed by atoms with Crippen LogP contribution in [0.5, 0.6) is 0 Å². The number of imidazole rings is 1. The molecule has 0 unspecified atom stereocenters. The van der Waals surface area contributed by atoms with E-state index in [-0.39, 0.29) is 12.0 Å². The number of aromatic nitrogens is 2. The van der Waals surface area contributed by atoms with Gasteiger partial charge >= 0.3 is 0 Å². The van der Waals surface area contributed by atoms with Crippen molar-refractivity contribution in [3.8, 4) is 0 Å². The van der Waals surface area contributed by atoms with E-state index in [1.54, 1.807) is 0 Å². The molecule has 1 aromatic carbocycles. The van der Waals surface area contributed by atoms with E-state index in [4.69, 9.17) is 4.74 Å². The third kappa shape index (κ3) is 5.83. The summed E-state index contributed by atoms with van der Waals surface area (Å²) in [6.07, 6.45) is 7.64. The summed E-state index contributed by atoms with van der Waals surface area (Å²) in [5, 5.41) is 3.93. The van der Waals surface area contributed by atoms with E-state index in [0.29, 0.717) is 5.75 Å². The predicted molar refractivity (Wildman–Crippen MR) is 127 cm³/mol. The maximum absolute atomic E-state index is 12.6. The molecule has 2 aliphatic rings. The number of benzene rings is 1. The molecule has 6 nitrogen and oxygen atoms in total. The first-order valence-electron chi connectivity index (χ1n) is 11.5. The number of anilines is 2. The van der Waals surface area contributed by atoms with Crippen molar-refractivity contribution in [1.29, 1.82) is 0 Å². The van der Waals surface area contributed by atoms with Crippen LogP contribution in [0, 0.1) is 13.8 Å². The average Bonchev–Trinajstić information content (AvgIpc) is 3.26. The SMILES string of the molecule is Cc1nc(SCC(=O)Nc2ccc(N3CCCCCC3)cc2)n(C[C@@H]2CCCO2)c1C. The topological polar surface area (TPSA) is 59.4 Å². The Balaban J connectivity index is 1.31. The van der Waals surface area contributed by atoms with Crippen LogP contribution >= 0.6 is 11.8 Å². The lowest BCUT2D eigenvalue weighted by Gasteiger charge is -2.22. The van der Waals surface area contributed by atoms with Crippen LogP contribution in [-0.4, -0.2) is 47.0 Å². The Kier molecular flexibility index (Phi) is 7.56. The minimum absolute atomic E-state index is 0.00510. The van der Waals surface area contributed by atoms with Gasteiger partial charge in [-0.2, -0.15) is 0 Å². The van der Waals surface area contributed by atoms with E-state index >= 15 is 0 Å². The molecule has 7 heteroatoms. The highest BCUT2D eigenvalue weighted by Gasteiger charge is 2.21. The summed E-state index contributed by atoms with van der Waals surface area (Å²) in [5.74, 6) is 0.337. The fraction of sp³-hybridized carbons (Fsp3) is 0.583. The van der Waals surface area contributed by atoms with Crippen molar-refractivity contribution in [2.75, 3.05) is 35.7 Å². The van der Waals surface area contributed by atoms with Crippen LogP contribution in [0.1, 0.15) is 49.9 Å². The Labute approximate surface area is 189 Å². The molecule has 1 N–H and O–H groups in total. The molecular formula is C24H34N4O2S. The molecule has 2 aliphatic heterocycles.